The highest BCUT2D eigenvalue weighted by Crippen LogP contribution is 2.40. The summed E-state index contributed by atoms with van der Waals surface area (Å²) < 4.78 is 7.51. The van der Waals surface area contributed by atoms with Gasteiger partial charge in [0.2, 0.25) is 0 Å². The number of pyridine rings is 1. The van der Waals surface area contributed by atoms with Gasteiger partial charge in [0.05, 0.1) is 18.8 Å². The predicted molar refractivity (Wildman–Crippen MR) is 154 cm³/mol. The van der Waals surface area contributed by atoms with Crippen molar-refractivity contribution in [1.82, 2.24) is 20.2 Å². The van der Waals surface area contributed by atoms with Crippen LogP contribution in [0.1, 0.15) is 72.9 Å². The molecular formula is C30H40N4O3S. The average Bonchev–Trinajstić information content (AvgIpc) is 3.18. The minimum Gasteiger partial charge on any atom is -0.377 e. The first kappa shape index (κ1) is 27.0. The molecule has 0 spiro atoms. The van der Waals surface area contributed by atoms with E-state index in [4.69, 9.17) is 4.74 Å². The van der Waals surface area contributed by atoms with Crippen molar-refractivity contribution in [2.24, 2.45) is 13.0 Å². The number of nitrogens with one attached hydrogen (secondary N) is 3. The molecule has 2 aromatic heterocycles. The SMILES string of the molecule is CSc1cc(C)[nH]c(=O)c1CNC(=O)c1c2ccccc2c([C@H](C)[C@H]2CC[C@H](NC3(C)COC3)CC2)n1C. The highest BCUT2D eigenvalue weighted by atomic mass is 32.2. The first-order valence-electron chi connectivity index (χ1n) is 13.7. The van der Waals surface area contributed by atoms with Crippen LogP contribution in [-0.2, 0) is 18.3 Å². The van der Waals surface area contributed by atoms with E-state index in [1.807, 2.05) is 38.4 Å². The summed E-state index contributed by atoms with van der Waals surface area (Å²) in [5.41, 5.74) is 3.28. The number of fused-ring (bicyclic) bond motifs is 1. The molecule has 3 N–H and O–H groups in total. The fourth-order valence-corrected chi connectivity index (χ4v) is 7.19. The number of aromatic nitrogens is 2. The Bertz CT molecular complexity index is 1380. The molecule has 1 aliphatic heterocycles. The number of carbonyl (C=O) groups is 1. The number of hydrogen-bond acceptors (Lipinski definition) is 5. The summed E-state index contributed by atoms with van der Waals surface area (Å²) in [7, 11) is 2.01. The molecule has 2 aliphatic rings. The second-order valence-corrected chi connectivity index (χ2v) is 12.3. The summed E-state index contributed by atoms with van der Waals surface area (Å²) in [4.78, 5) is 29.9. The van der Waals surface area contributed by atoms with E-state index in [1.54, 1.807) is 0 Å². The molecule has 3 aromatic rings. The zero-order valence-corrected chi connectivity index (χ0v) is 24.0. The Balaban J connectivity index is 1.35. The minimum atomic E-state index is -0.155. The van der Waals surface area contributed by atoms with Crippen LogP contribution in [0, 0.1) is 12.8 Å². The summed E-state index contributed by atoms with van der Waals surface area (Å²) >= 11 is 1.52. The van der Waals surface area contributed by atoms with Crippen LogP contribution in [0.3, 0.4) is 0 Å². The number of H-pyrrole nitrogens is 1. The van der Waals surface area contributed by atoms with Crippen molar-refractivity contribution in [3.8, 4) is 0 Å². The lowest BCUT2D eigenvalue weighted by Gasteiger charge is -2.44. The van der Waals surface area contributed by atoms with Crippen molar-refractivity contribution in [3.63, 3.8) is 0 Å². The van der Waals surface area contributed by atoms with E-state index in [2.05, 4.69) is 46.2 Å². The highest BCUT2D eigenvalue weighted by Gasteiger charge is 2.37. The van der Waals surface area contributed by atoms with Crippen molar-refractivity contribution in [3.05, 3.63) is 63.3 Å². The molecule has 0 unspecified atom stereocenters. The molecule has 0 radical (unpaired) electrons. The van der Waals surface area contributed by atoms with Gasteiger partial charge >= 0.3 is 0 Å². The summed E-state index contributed by atoms with van der Waals surface area (Å²) in [6, 6.07) is 10.7. The van der Waals surface area contributed by atoms with Crippen molar-refractivity contribution < 1.29 is 9.53 Å². The number of thioether (sulfide) groups is 1. The fourth-order valence-electron chi connectivity index (χ4n) is 6.48. The Hall–Kier alpha value is -2.55. The van der Waals surface area contributed by atoms with Gasteiger partial charge in [-0.25, -0.2) is 0 Å². The van der Waals surface area contributed by atoms with E-state index < -0.39 is 0 Å². The predicted octanol–water partition coefficient (Wildman–Crippen LogP) is 4.87. The standard InChI is InChI=1S/C30H40N4O3S/c1-18-14-25(38-5)24(28(35)32-18)15-31-29(36)27-23-9-7-6-8-22(23)26(34(27)4)19(2)20-10-12-21(13-11-20)33-30(3)16-37-17-30/h6-9,14,19-21,33H,10-13,15-17H2,1-5H3,(H,31,36)(H,32,35)/t19-,20-,21-/m1/s1. The van der Waals surface area contributed by atoms with Gasteiger partial charge in [-0.15, -0.1) is 11.8 Å². The molecule has 0 bridgehead atoms. The van der Waals surface area contributed by atoms with E-state index in [9.17, 15) is 9.59 Å². The van der Waals surface area contributed by atoms with Gasteiger partial charge in [0.25, 0.3) is 11.5 Å². The summed E-state index contributed by atoms with van der Waals surface area (Å²) in [6.45, 7) is 8.25. The molecule has 7 nitrogen and oxygen atoms in total. The Kier molecular flexibility index (Phi) is 7.76. The van der Waals surface area contributed by atoms with E-state index in [-0.39, 0.29) is 23.6 Å². The molecule has 1 atom stereocenters. The number of nitrogens with zero attached hydrogens (tertiary/aromatic N) is 1. The quantitative estimate of drug-likeness (QED) is 0.358. The average molecular weight is 537 g/mol. The molecule has 1 aromatic carbocycles. The van der Waals surface area contributed by atoms with Gasteiger partial charge in [-0.2, -0.15) is 0 Å². The van der Waals surface area contributed by atoms with Crippen LogP contribution in [0.5, 0.6) is 0 Å². The number of aryl methyl sites for hydroxylation is 1. The lowest BCUT2D eigenvalue weighted by molar-refractivity contribution is -0.0717. The number of rotatable bonds is 8. The lowest BCUT2D eigenvalue weighted by Crippen LogP contribution is -2.61. The van der Waals surface area contributed by atoms with E-state index in [0.717, 1.165) is 34.6 Å². The Morgan fingerprint density at radius 3 is 2.53 bits per heavy atom. The summed E-state index contributed by atoms with van der Waals surface area (Å²) in [5.74, 6) is 0.748. The largest absolute Gasteiger partial charge is 0.377 e. The third-order valence-corrected chi connectivity index (χ3v) is 9.35. The number of ether oxygens (including phenoxy) is 1. The first-order valence-corrected chi connectivity index (χ1v) is 14.9. The Morgan fingerprint density at radius 2 is 1.89 bits per heavy atom. The minimum absolute atomic E-state index is 0.139. The number of benzene rings is 1. The molecule has 1 amide bonds. The normalized spacial score (nSPS) is 21.7. The fraction of sp³-hybridized carbons (Fsp3) is 0.533. The molecule has 8 heteroatoms. The summed E-state index contributed by atoms with van der Waals surface area (Å²) in [5, 5.41) is 8.97. The molecule has 5 rings (SSSR count). The maximum Gasteiger partial charge on any atom is 0.268 e. The van der Waals surface area contributed by atoms with Gasteiger partial charge < -0.3 is 24.9 Å². The van der Waals surface area contributed by atoms with Crippen LogP contribution in [0.25, 0.3) is 10.8 Å². The molecule has 3 heterocycles. The topological polar surface area (TPSA) is 88.2 Å². The van der Waals surface area contributed by atoms with Crippen LogP contribution >= 0.6 is 11.8 Å². The van der Waals surface area contributed by atoms with Gasteiger partial charge in [-0.05, 0) is 63.7 Å². The van der Waals surface area contributed by atoms with E-state index >= 15 is 0 Å². The van der Waals surface area contributed by atoms with Gasteiger partial charge in [-0.1, -0.05) is 31.2 Å². The maximum absolute atomic E-state index is 13.6. The zero-order chi connectivity index (χ0) is 27.0. The van der Waals surface area contributed by atoms with Gasteiger partial charge in [0.15, 0.2) is 0 Å². The van der Waals surface area contributed by atoms with Gasteiger partial charge in [0, 0.05) is 52.3 Å². The number of carbonyl (C=O) groups excluding carboxylic acids is 1. The molecular weight excluding hydrogens is 496 g/mol. The van der Waals surface area contributed by atoms with Crippen molar-refractivity contribution in [2.75, 3.05) is 19.5 Å². The van der Waals surface area contributed by atoms with Crippen LogP contribution in [0.2, 0.25) is 0 Å². The molecule has 204 valence electrons. The molecule has 2 fully saturated rings. The highest BCUT2D eigenvalue weighted by molar-refractivity contribution is 7.98. The molecule has 1 saturated carbocycles. The maximum atomic E-state index is 13.6. The number of hydrogen-bond donors (Lipinski definition) is 3. The number of amides is 1. The Morgan fingerprint density at radius 1 is 1.21 bits per heavy atom. The molecule has 1 saturated heterocycles. The van der Waals surface area contributed by atoms with Crippen molar-refractivity contribution >= 4 is 28.4 Å². The van der Waals surface area contributed by atoms with E-state index in [0.29, 0.717) is 29.1 Å². The van der Waals surface area contributed by atoms with Crippen LogP contribution in [-0.4, -0.2) is 46.5 Å². The van der Waals surface area contributed by atoms with Crippen molar-refractivity contribution in [2.45, 2.75) is 75.4 Å². The monoisotopic (exact) mass is 536 g/mol. The van der Waals surface area contributed by atoms with E-state index in [1.165, 1.54) is 43.1 Å². The third kappa shape index (κ3) is 5.18. The summed E-state index contributed by atoms with van der Waals surface area (Å²) in [6.07, 6.45) is 6.63. The number of aromatic amines is 1. The van der Waals surface area contributed by atoms with Crippen LogP contribution in [0.4, 0.5) is 0 Å². The second kappa shape index (κ2) is 10.9. The van der Waals surface area contributed by atoms with Gasteiger partial charge in [0.1, 0.15) is 5.69 Å². The second-order valence-electron chi connectivity index (χ2n) is 11.4. The Labute approximate surface area is 229 Å². The third-order valence-electron chi connectivity index (χ3n) is 8.55. The van der Waals surface area contributed by atoms with Crippen LogP contribution < -0.4 is 16.2 Å². The van der Waals surface area contributed by atoms with Crippen LogP contribution in [0.15, 0.2) is 40.0 Å². The van der Waals surface area contributed by atoms with Gasteiger partial charge in [-0.3, -0.25) is 9.59 Å². The van der Waals surface area contributed by atoms with Crippen molar-refractivity contribution in [1.29, 1.82) is 0 Å². The zero-order valence-electron chi connectivity index (χ0n) is 23.1. The molecule has 1 aliphatic carbocycles. The smallest absolute Gasteiger partial charge is 0.268 e. The first-order chi connectivity index (χ1) is 18.2. The lowest BCUT2D eigenvalue weighted by atomic mass is 9.76. The molecule has 38 heavy (non-hydrogen) atoms.